The summed E-state index contributed by atoms with van der Waals surface area (Å²) in [7, 11) is 3.13. The van der Waals surface area contributed by atoms with Crippen molar-refractivity contribution in [2.24, 2.45) is 0 Å². The van der Waals surface area contributed by atoms with Gasteiger partial charge in [-0.05, 0) is 42.2 Å². The molecule has 0 aromatic heterocycles. The van der Waals surface area contributed by atoms with Crippen LogP contribution in [0, 0.1) is 0 Å². The van der Waals surface area contributed by atoms with E-state index in [-0.39, 0.29) is 18.2 Å². The maximum atomic E-state index is 13.4. The Morgan fingerprint density at radius 1 is 0.824 bits per heavy atom. The molecule has 6 heteroatoms. The van der Waals surface area contributed by atoms with Crippen molar-refractivity contribution in [1.82, 2.24) is 10.2 Å². The number of nitrogens with one attached hydrogen (secondary N) is 1. The lowest BCUT2D eigenvalue weighted by Gasteiger charge is -2.29. The molecule has 0 aliphatic carbocycles. The summed E-state index contributed by atoms with van der Waals surface area (Å²) in [5.41, 5.74) is 2.91. The first-order valence-corrected chi connectivity index (χ1v) is 11.4. The van der Waals surface area contributed by atoms with Crippen LogP contribution in [0.2, 0.25) is 0 Å². The van der Waals surface area contributed by atoms with Crippen LogP contribution in [-0.4, -0.2) is 43.5 Å². The minimum Gasteiger partial charge on any atom is -0.493 e. The molecule has 0 saturated carbocycles. The van der Waals surface area contributed by atoms with Crippen LogP contribution in [0.4, 0.5) is 0 Å². The molecule has 0 bridgehead atoms. The van der Waals surface area contributed by atoms with Gasteiger partial charge in [-0.2, -0.15) is 0 Å². The summed E-state index contributed by atoms with van der Waals surface area (Å²) in [6, 6.07) is 24.5. The van der Waals surface area contributed by atoms with Gasteiger partial charge in [-0.15, -0.1) is 0 Å². The molecule has 34 heavy (non-hydrogen) atoms. The molecule has 3 aromatic rings. The third-order valence-corrected chi connectivity index (χ3v) is 5.72. The highest BCUT2D eigenvalue weighted by molar-refractivity contribution is 5.88. The van der Waals surface area contributed by atoms with Crippen molar-refractivity contribution in [3.63, 3.8) is 0 Å². The molecule has 0 radical (unpaired) electrons. The van der Waals surface area contributed by atoms with Gasteiger partial charge in [0.15, 0.2) is 11.5 Å². The van der Waals surface area contributed by atoms with E-state index in [1.807, 2.05) is 66.7 Å². The Kier molecular flexibility index (Phi) is 9.09. The Morgan fingerprint density at radius 3 is 2.06 bits per heavy atom. The minimum absolute atomic E-state index is 0.137. The van der Waals surface area contributed by atoms with E-state index in [1.54, 1.807) is 38.2 Å². The van der Waals surface area contributed by atoms with Crippen LogP contribution in [-0.2, 0) is 29.0 Å². The normalized spacial score (nSPS) is 11.4. The Bertz CT molecular complexity index is 1070. The first kappa shape index (κ1) is 24.8. The molecule has 0 fully saturated rings. The van der Waals surface area contributed by atoms with Crippen molar-refractivity contribution in [2.75, 3.05) is 20.8 Å². The maximum absolute atomic E-state index is 13.4. The molecule has 0 aliphatic rings. The van der Waals surface area contributed by atoms with Crippen LogP contribution in [0.5, 0.6) is 11.5 Å². The van der Waals surface area contributed by atoms with E-state index in [1.165, 1.54) is 0 Å². The summed E-state index contributed by atoms with van der Waals surface area (Å²) in [6.45, 7) is 2.63. The Morgan fingerprint density at radius 2 is 1.44 bits per heavy atom. The zero-order valence-electron chi connectivity index (χ0n) is 20.0. The Balaban J connectivity index is 1.71. The van der Waals surface area contributed by atoms with Gasteiger partial charge in [-0.3, -0.25) is 9.59 Å². The highest BCUT2D eigenvalue weighted by Gasteiger charge is 2.26. The summed E-state index contributed by atoms with van der Waals surface area (Å²) in [4.78, 5) is 28.0. The maximum Gasteiger partial charge on any atom is 0.242 e. The quantitative estimate of drug-likeness (QED) is 0.469. The fraction of sp³-hybridized carbons (Fsp3) is 0.286. The number of hydrogen-bond donors (Lipinski definition) is 1. The van der Waals surface area contributed by atoms with Gasteiger partial charge in [0.05, 0.1) is 20.6 Å². The number of rotatable bonds is 11. The molecule has 6 nitrogen and oxygen atoms in total. The predicted molar refractivity (Wildman–Crippen MR) is 133 cm³/mol. The molecule has 0 aliphatic heterocycles. The van der Waals surface area contributed by atoms with Gasteiger partial charge in [0.1, 0.15) is 6.04 Å². The summed E-state index contributed by atoms with van der Waals surface area (Å²) < 4.78 is 10.7. The summed E-state index contributed by atoms with van der Waals surface area (Å²) in [5.74, 6) is 0.856. The second-order valence-corrected chi connectivity index (χ2v) is 8.08. The minimum atomic E-state index is -0.622. The van der Waals surface area contributed by atoms with E-state index in [9.17, 15) is 9.59 Å². The fourth-order valence-electron chi connectivity index (χ4n) is 3.75. The van der Waals surface area contributed by atoms with Gasteiger partial charge in [0.25, 0.3) is 0 Å². The molecule has 3 rings (SSSR count). The first-order valence-electron chi connectivity index (χ1n) is 11.4. The Labute approximate surface area is 201 Å². The number of nitrogens with zero attached hydrogens (tertiary/aromatic N) is 1. The second kappa shape index (κ2) is 12.4. The van der Waals surface area contributed by atoms with E-state index in [4.69, 9.17) is 9.47 Å². The van der Waals surface area contributed by atoms with Crippen LogP contribution in [0.1, 0.15) is 23.6 Å². The standard InChI is InChI=1S/C28H32N2O4/c1-21(28(32)29-17-16-22-10-6-4-7-11-22)30(20-23-12-8-5-9-13-23)27(31)19-24-14-15-25(33-2)26(18-24)34-3/h4-15,18,21H,16-17,19-20H2,1-3H3,(H,29,32)/t21-/m0/s1. The van der Waals surface area contributed by atoms with Gasteiger partial charge in [-0.1, -0.05) is 66.7 Å². The van der Waals surface area contributed by atoms with Crippen molar-refractivity contribution >= 4 is 11.8 Å². The summed E-state index contributed by atoms with van der Waals surface area (Å²) in [6.07, 6.45) is 0.881. The average molecular weight is 461 g/mol. The molecule has 0 spiro atoms. The smallest absolute Gasteiger partial charge is 0.242 e. The predicted octanol–water partition coefficient (Wildman–Crippen LogP) is 4.02. The molecule has 3 aromatic carbocycles. The van der Waals surface area contributed by atoms with E-state index >= 15 is 0 Å². The van der Waals surface area contributed by atoms with Crippen molar-refractivity contribution in [3.8, 4) is 11.5 Å². The highest BCUT2D eigenvalue weighted by atomic mass is 16.5. The molecule has 1 atom stereocenters. The molecule has 0 unspecified atom stereocenters. The van der Waals surface area contributed by atoms with Gasteiger partial charge in [-0.25, -0.2) is 0 Å². The van der Waals surface area contributed by atoms with E-state index in [0.717, 1.165) is 23.1 Å². The zero-order chi connectivity index (χ0) is 24.3. The number of ether oxygens (including phenoxy) is 2. The Hall–Kier alpha value is -3.80. The SMILES string of the molecule is COc1ccc(CC(=O)N(Cc2ccccc2)[C@@H](C)C(=O)NCCc2ccccc2)cc1OC. The van der Waals surface area contributed by atoms with Crippen LogP contribution in [0.3, 0.4) is 0 Å². The van der Waals surface area contributed by atoms with Gasteiger partial charge in [0.2, 0.25) is 11.8 Å². The van der Waals surface area contributed by atoms with Gasteiger partial charge in [0, 0.05) is 13.1 Å². The summed E-state index contributed by atoms with van der Waals surface area (Å²) >= 11 is 0. The molecule has 0 heterocycles. The van der Waals surface area contributed by atoms with E-state index < -0.39 is 6.04 Å². The van der Waals surface area contributed by atoms with Gasteiger partial charge < -0.3 is 19.7 Å². The monoisotopic (exact) mass is 460 g/mol. The lowest BCUT2D eigenvalue weighted by Crippen LogP contribution is -2.48. The zero-order valence-corrected chi connectivity index (χ0v) is 20.0. The molecule has 2 amide bonds. The summed E-state index contributed by atoms with van der Waals surface area (Å²) in [5, 5.41) is 2.98. The molecular formula is C28H32N2O4. The van der Waals surface area contributed by atoms with Gasteiger partial charge >= 0.3 is 0 Å². The third-order valence-electron chi connectivity index (χ3n) is 5.72. The number of amides is 2. The third kappa shape index (κ3) is 6.85. The molecule has 1 N–H and O–H groups in total. The largest absolute Gasteiger partial charge is 0.493 e. The van der Waals surface area contributed by atoms with Crippen LogP contribution >= 0.6 is 0 Å². The highest BCUT2D eigenvalue weighted by Crippen LogP contribution is 2.28. The van der Waals surface area contributed by atoms with Crippen molar-refractivity contribution < 1.29 is 19.1 Å². The van der Waals surface area contributed by atoms with Crippen molar-refractivity contribution in [2.45, 2.75) is 32.4 Å². The molecule has 0 saturated heterocycles. The van der Waals surface area contributed by atoms with Crippen LogP contribution < -0.4 is 14.8 Å². The number of hydrogen-bond acceptors (Lipinski definition) is 4. The second-order valence-electron chi connectivity index (χ2n) is 8.08. The van der Waals surface area contributed by atoms with E-state index in [2.05, 4.69) is 5.32 Å². The van der Waals surface area contributed by atoms with Crippen LogP contribution in [0.25, 0.3) is 0 Å². The van der Waals surface area contributed by atoms with E-state index in [0.29, 0.717) is 24.6 Å². The lowest BCUT2D eigenvalue weighted by atomic mass is 10.1. The first-order chi connectivity index (χ1) is 16.5. The van der Waals surface area contributed by atoms with Crippen molar-refractivity contribution in [1.29, 1.82) is 0 Å². The lowest BCUT2D eigenvalue weighted by molar-refractivity contribution is -0.140. The molecule has 178 valence electrons. The topological polar surface area (TPSA) is 67.9 Å². The number of carbonyl (C=O) groups excluding carboxylic acids is 2. The number of carbonyl (C=O) groups is 2. The van der Waals surface area contributed by atoms with Crippen molar-refractivity contribution in [3.05, 3.63) is 95.6 Å². The molecular weight excluding hydrogens is 428 g/mol. The number of benzene rings is 3. The average Bonchev–Trinajstić information content (AvgIpc) is 2.87. The fourth-order valence-corrected chi connectivity index (χ4v) is 3.75. The van der Waals surface area contributed by atoms with Crippen LogP contribution in [0.15, 0.2) is 78.9 Å². The number of methoxy groups -OCH3 is 2.